The molecule has 1 fully saturated rings. The van der Waals surface area contributed by atoms with Crippen LogP contribution < -0.4 is 4.90 Å². The predicted octanol–water partition coefficient (Wildman–Crippen LogP) is 3.85. The molecule has 196 valence electrons. The van der Waals surface area contributed by atoms with Crippen molar-refractivity contribution in [3.05, 3.63) is 65.7 Å². The number of Topliss-reactive ketones (excluding diaryl/α,β-unsaturated/α-hetero) is 1. The summed E-state index contributed by atoms with van der Waals surface area (Å²) in [7, 11) is 0. The molecule has 11 heteroatoms. The molecular formula is C26H27F3N4O4. The zero-order valence-corrected chi connectivity index (χ0v) is 20.4. The molecule has 1 saturated heterocycles. The summed E-state index contributed by atoms with van der Waals surface area (Å²) in [6.07, 6.45) is -4.78. The minimum absolute atomic E-state index is 0.170. The Labute approximate surface area is 211 Å². The Balaban J connectivity index is 1.42. The van der Waals surface area contributed by atoms with Crippen molar-refractivity contribution in [2.24, 2.45) is 5.92 Å². The third-order valence-corrected chi connectivity index (χ3v) is 6.14. The molecule has 4 rings (SSSR count). The minimum Gasteiger partial charge on any atom is -0.432 e. The number of benzene rings is 1. The fourth-order valence-corrected chi connectivity index (χ4v) is 4.01. The average molecular weight is 517 g/mol. The van der Waals surface area contributed by atoms with Gasteiger partial charge in [0.15, 0.2) is 5.69 Å². The Morgan fingerprint density at radius 1 is 1.05 bits per heavy atom. The SMILES string of the molecule is CC(C)[C@H](O)C(=O)N1CCN(c2ccc(CC(=O)c3oc(-c4ccccc4)nc3C(F)(F)F)cn2)CC1. The van der Waals surface area contributed by atoms with Crippen LogP contribution in [0.1, 0.15) is 35.7 Å². The lowest BCUT2D eigenvalue weighted by Gasteiger charge is -2.36. The highest BCUT2D eigenvalue weighted by atomic mass is 19.4. The van der Waals surface area contributed by atoms with Gasteiger partial charge in [0.05, 0.1) is 0 Å². The van der Waals surface area contributed by atoms with Gasteiger partial charge >= 0.3 is 6.18 Å². The molecule has 1 N–H and O–H groups in total. The smallest absolute Gasteiger partial charge is 0.432 e. The van der Waals surface area contributed by atoms with Gasteiger partial charge in [-0.25, -0.2) is 9.97 Å². The van der Waals surface area contributed by atoms with Crippen molar-refractivity contribution < 1.29 is 32.3 Å². The van der Waals surface area contributed by atoms with Gasteiger partial charge in [0.2, 0.25) is 17.4 Å². The molecule has 0 bridgehead atoms. The zero-order chi connectivity index (χ0) is 26.7. The van der Waals surface area contributed by atoms with Crippen LogP contribution in [0.15, 0.2) is 53.1 Å². The summed E-state index contributed by atoms with van der Waals surface area (Å²) in [4.78, 5) is 36.6. The van der Waals surface area contributed by atoms with Crippen LogP contribution in [0.25, 0.3) is 11.5 Å². The topological polar surface area (TPSA) is 99.8 Å². The Morgan fingerprint density at radius 3 is 2.30 bits per heavy atom. The zero-order valence-electron chi connectivity index (χ0n) is 20.4. The van der Waals surface area contributed by atoms with Gasteiger partial charge in [-0.15, -0.1) is 0 Å². The van der Waals surface area contributed by atoms with E-state index < -0.39 is 29.5 Å². The quantitative estimate of drug-likeness (QED) is 0.476. The van der Waals surface area contributed by atoms with Crippen LogP contribution in [0.4, 0.5) is 19.0 Å². The lowest BCUT2D eigenvalue weighted by Crippen LogP contribution is -2.52. The first-order valence-corrected chi connectivity index (χ1v) is 11.9. The van der Waals surface area contributed by atoms with E-state index in [-0.39, 0.29) is 24.1 Å². The van der Waals surface area contributed by atoms with Crippen molar-refractivity contribution in [1.29, 1.82) is 0 Å². The monoisotopic (exact) mass is 516 g/mol. The molecule has 3 heterocycles. The summed E-state index contributed by atoms with van der Waals surface area (Å²) in [6.45, 7) is 5.45. The number of rotatable bonds is 7. The molecule has 1 aliphatic rings. The molecule has 0 unspecified atom stereocenters. The molecule has 1 aromatic carbocycles. The van der Waals surface area contributed by atoms with E-state index in [9.17, 15) is 27.9 Å². The number of aliphatic hydroxyl groups is 1. The summed E-state index contributed by atoms with van der Waals surface area (Å²) in [5, 5.41) is 10.0. The number of halogens is 3. The summed E-state index contributed by atoms with van der Waals surface area (Å²) in [5.41, 5.74) is -0.595. The Hall–Kier alpha value is -3.73. The molecule has 0 radical (unpaired) electrons. The number of piperazine rings is 1. The Kier molecular flexibility index (Phi) is 7.63. The van der Waals surface area contributed by atoms with Crippen molar-refractivity contribution in [2.75, 3.05) is 31.1 Å². The number of pyridine rings is 1. The maximum Gasteiger partial charge on any atom is 0.437 e. The normalized spacial score (nSPS) is 15.2. The third kappa shape index (κ3) is 5.99. The molecule has 0 spiro atoms. The van der Waals surface area contributed by atoms with Gasteiger partial charge in [0.25, 0.3) is 5.91 Å². The minimum atomic E-state index is -4.85. The number of carbonyl (C=O) groups is 2. The number of hydrogen-bond acceptors (Lipinski definition) is 7. The first kappa shape index (κ1) is 26.3. The van der Waals surface area contributed by atoms with Gasteiger partial charge < -0.3 is 19.3 Å². The second kappa shape index (κ2) is 10.7. The Bertz CT molecular complexity index is 1230. The molecule has 0 aliphatic carbocycles. The van der Waals surface area contributed by atoms with E-state index in [0.29, 0.717) is 43.1 Å². The lowest BCUT2D eigenvalue weighted by molar-refractivity contribution is -0.143. The number of alkyl halides is 3. The van der Waals surface area contributed by atoms with Gasteiger partial charge in [0.1, 0.15) is 11.9 Å². The van der Waals surface area contributed by atoms with E-state index in [1.807, 2.05) is 4.90 Å². The first-order chi connectivity index (χ1) is 17.5. The van der Waals surface area contributed by atoms with Gasteiger partial charge in [-0.2, -0.15) is 13.2 Å². The largest absolute Gasteiger partial charge is 0.437 e. The highest BCUT2D eigenvalue weighted by Gasteiger charge is 2.41. The maximum atomic E-state index is 13.6. The van der Waals surface area contributed by atoms with Crippen molar-refractivity contribution in [3.63, 3.8) is 0 Å². The van der Waals surface area contributed by atoms with Crippen molar-refractivity contribution in [1.82, 2.24) is 14.9 Å². The second-order valence-electron chi connectivity index (χ2n) is 9.19. The third-order valence-electron chi connectivity index (χ3n) is 6.14. The van der Waals surface area contributed by atoms with E-state index in [0.717, 1.165) is 0 Å². The Morgan fingerprint density at radius 2 is 1.73 bits per heavy atom. The fraction of sp³-hybridized carbons (Fsp3) is 0.385. The summed E-state index contributed by atoms with van der Waals surface area (Å²) in [5.74, 6) is -1.81. The van der Waals surface area contributed by atoms with Crippen molar-refractivity contribution >= 4 is 17.5 Å². The number of hydrogen-bond donors (Lipinski definition) is 1. The molecule has 37 heavy (non-hydrogen) atoms. The van der Waals surface area contributed by atoms with Gasteiger partial charge in [-0.3, -0.25) is 9.59 Å². The molecule has 2 aromatic heterocycles. The molecule has 1 aliphatic heterocycles. The molecule has 0 saturated carbocycles. The highest BCUT2D eigenvalue weighted by Crippen LogP contribution is 2.35. The average Bonchev–Trinajstić information content (AvgIpc) is 3.36. The maximum absolute atomic E-state index is 13.6. The number of anilines is 1. The lowest BCUT2D eigenvalue weighted by atomic mass is 10.1. The summed E-state index contributed by atoms with van der Waals surface area (Å²) >= 11 is 0. The molecular weight excluding hydrogens is 489 g/mol. The van der Waals surface area contributed by atoms with E-state index in [1.165, 1.54) is 6.20 Å². The van der Waals surface area contributed by atoms with Crippen LogP contribution in [-0.2, 0) is 17.4 Å². The number of ketones is 1. The van der Waals surface area contributed by atoms with Gasteiger partial charge in [-0.1, -0.05) is 38.1 Å². The van der Waals surface area contributed by atoms with Crippen LogP contribution in [0.5, 0.6) is 0 Å². The predicted molar refractivity (Wildman–Crippen MR) is 129 cm³/mol. The van der Waals surface area contributed by atoms with E-state index in [4.69, 9.17) is 4.42 Å². The van der Waals surface area contributed by atoms with Gasteiger partial charge in [-0.05, 0) is 29.7 Å². The van der Waals surface area contributed by atoms with Crippen LogP contribution in [0.3, 0.4) is 0 Å². The number of aliphatic hydroxyl groups excluding tert-OH is 1. The standard InChI is InChI=1S/C26H27F3N4O4/c1-16(2)21(35)25(36)33-12-10-32(11-13-33)20-9-8-17(15-30-20)14-19(34)22-23(26(27,28)29)31-24(37-22)18-6-4-3-5-7-18/h3-9,15-16,21,35H,10-14H2,1-2H3/t21-/m0/s1. The molecule has 8 nitrogen and oxygen atoms in total. The van der Waals surface area contributed by atoms with Crippen LogP contribution >= 0.6 is 0 Å². The highest BCUT2D eigenvalue weighted by molar-refractivity contribution is 5.96. The number of amides is 1. The summed E-state index contributed by atoms with van der Waals surface area (Å²) < 4.78 is 46.0. The summed E-state index contributed by atoms with van der Waals surface area (Å²) in [6, 6.07) is 11.4. The molecule has 3 aromatic rings. The van der Waals surface area contributed by atoms with Crippen LogP contribution in [-0.4, -0.2) is 63.9 Å². The first-order valence-electron chi connectivity index (χ1n) is 11.9. The van der Waals surface area contributed by atoms with Crippen LogP contribution in [0.2, 0.25) is 0 Å². The van der Waals surface area contributed by atoms with Crippen LogP contribution in [0, 0.1) is 5.92 Å². The fourth-order valence-electron chi connectivity index (χ4n) is 4.01. The van der Waals surface area contributed by atoms with E-state index >= 15 is 0 Å². The van der Waals surface area contributed by atoms with Crippen molar-refractivity contribution in [3.8, 4) is 11.5 Å². The number of oxazole rings is 1. The van der Waals surface area contributed by atoms with E-state index in [1.54, 1.807) is 61.2 Å². The number of carbonyl (C=O) groups excluding carboxylic acids is 2. The number of nitrogens with zero attached hydrogens (tertiary/aromatic N) is 4. The molecule has 1 atom stereocenters. The molecule has 1 amide bonds. The second-order valence-corrected chi connectivity index (χ2v) is 9.19. The van der Waals surface area contributed by atoms with Gasteiger partial charge in [0, 0.05) is 44.4 Å². The number of aromatic nitrogens is 2. The van der Waals surface area contributed by atoms with E-state index in [2.05, 4.69) is 9.97 Å². The van der Waals surface area contributed by atoms with Crippen molar-refractivity contribution in [2.45, 2.75) is 32.5 Å².